The SMILES string of the molecule is O=C1N(CCc2ccccc2)CCC12CCN(Cc1ccc(C(F)(F)F)cn1)C2. The van der Waals surface area contributed by atoms with Gasteiger partial charge in [-0.25, -0.2) is 0 Å². The molecule has 4 rings (SSSR count). The van der Waals surface area contributed by atoms with Crippen LogP contribution in [0.3, 0.4) is 0 Å². The van der Waals surface area contributed by atoms with E-state index in [0.29, 0.717) is 18.8 Å². The number of rotatable bonds is 5. The molecule has 1 spiro atoms. The summed E-state index contributed by atoms with van der Waals surface area (Å²) in [5.74, 6) is 0.219. The lowest BCUT2D eigenvalue weighted by molar-refractivity contribution is -0.138. The standard InChI is InChI=1S/C22H24F3N3O/c23-22(24,25)18-6-7-19(26-14-18)15-27-12-9-21(16-27)10-13-28(20(21)29)11-8-17-4-2-1-3-5-17/h1-7,14H,8-13,15-16H2. The Kier molecular flexibility index (Phi) is 5.34. The highest BCUT2D eigenvalue weighted by atomic mass is 19.4. The van der Waals surface area contributed by atoms with Crippen LogP contribution in [0.25, 0.3) is 0 Å². The van der Waals surface area contributed by atoms with E-state index < -0.39 is 11.7 Å². The van der Waals surface area contributed by atoms with Crippen molar-refractivity contribution in [1.29, 1.82) is 0 Å². The fourth-order valence-electron chi connectivity index (χ4n) is 4.40. The zero-order valence-corrected chi connectivity index (χ0v) is 16.2. The molecular weight excluding hydrogens is 379 g/mol. The maximum Gasteiger partial charge on any atom is 0.417 e. The second kappa shape index (κ2) is 7.78. The van der Waals surface area contributed by atoms with E-state index in [1.807, 2.05) is 23.1 Å². The van der Waals surface area contributed by atoms with Gasteiger partial charge in [0.05, 0.1) is 16.7 Å². The van der Waals surface area contributed by atoms with Gasteiger partial charge in [0, 0.05) is 32.4 Å². The topological polar surface area (TPSA) is 36.4 Å². The Balaban J connectivity index is 1.33. The lowest BCUT2D eigenvalue weighted by atomic mass is 9.85. The zero-order valence-electron chi connectivity index (χ0n) is 16.2. The van der Waals surface area contributed by atoms with Crippen molar-refractivity contribution in [3.05, 3.63) is 65.5 Å². The minimum Gasteiger partial charge on any atom is -0.342 e. The van der Waals surface area contributed by atoms with Gasteiger partial charge < -0.3 is 4.90 Å². The first-order valence-electron chi connectivity index (χ1n) is 9.94. The summed E-state index contributed by atoms with van der Waals surface area (Å²) in [6.07, 6.45) is -0.996. The van der Waals surface area contributed by atoms with Crippen LogP contribution in [0.5, 0.6) is 0 Å². The Morgan fingerprint density at radius 1 is 1.03 bits per heavy atom. The Bertz CT molecular complexity index is 854. The summed E-state index contributed by atoms with van der Waals surface area (Å²) in [5, 5.41) is 0. The molecule has 1 unspecified atom stereocenters. The number of amides is 1. The predicted octanol–water partition coefficient (Wildman–Crippen LogP) is 3.77. The molecule has 1 aromatic carbocycles. The fourth-order valence-corrected chi connectivity index (χ4v) is 4.40. The third-order valence-corrected chi connectivity index (χ3v) is 6.08. The number of pyridine rings is 1. The van der Waals surface area contributed by atoms with Gasteiger partial charge in [0.1, 0.15) is 0 Å². The quantitative estimate of drug-likeness (QED) is 0.763. The van der Waals surface area contributed by atoms with Crippen molar-refractivity contribution in [3.63, 3.8) is 0 Å². The van der Waals surface area contributed by atoms with E-state index in [1.54, 1.807) is 0 Å². The van der Waals surface area contributed by atoms with Crippen molar-refractivity contribution in [2.45, 2.75) is 32.0 Å². The smallest absolute Gasteiger partial charge is 0.342 e. The number of benzene rings is 1. The number of hydrogen-bond acceptors (Lipinski definition) is 3. The van der Waals surface area contributed by atoms with Gasteiger partial charge in [0.25, 0.3) is 0 Å². The molecule has 0 N–H and O–H groups in total. The average molecular weight is 403 g/mol. The first kappa shape index (κ1) is 19.9. The van der Waals surface area contributed by atoms with Gasteiger partial charge in [-0.2, -0.15) is 13.2 Å². The van der Waals surface area contributed by atoms with Gasteiger partial charge in [0.15, 0.2) is 0 Å². The van der Waals surface area contributed by atoms with Crippen molar-refractivity contribution < 1.29 is 18.0 Å². The molecule has 3 heterocycles. The largest absolute Gasteiger partial charge is 0.417 e. The summed E-state index contributed by atoms with van der Waals surface area (Å²) in [5.41, 5.74) is 0.742. The lowest BCUT2D eigenvalue weighted by Crippen LogP contribution is -2.37. The predicted molar refractivity (Wildman–Crippen MR) is 103 cm³/mol. The number of carbonyl (C=O) groups is 1. The normalized spacial score (nSPS) is 22.7. The van der Waals surface area contributed by atoms with E-state index in [-0.39, 0.29) is 11.3 Å². The maximum absolute atomic E-state index is 13.1. The van der Waals surface area contributed by atoms with E-state index >= 15 is 0 Å². The Morgan fingerprint density at radius 2 is 1.79 bits per heavy atom. The van der Waals surface area contributed by atoms with Crippen molar-refractivity contribution in [3.8, 4) is 0 Å². The van der Waals surface area contributed by atoms with Crippen LogP contribution >= 0.6 is 0 Å². The molecule has 2 aliphatic heterocycles. The Morgan fingerprint density at radius 3 is 2.48 bits per heavy atom. The van der Waals surface area contributed by atoms with E-state index in [1.165, 1.54) is 11.6 Å². The van der Waals surface area contributed by atoms with Gasteiger partial charge >= 0.3 is 6.18 Å². The third kappa shape index (κ3) is 4.29. The maximum atomic E-state index is 13.1. The Labute approximate surface area is 168 Å². The third-order valence-electron chi connectivity index (χ3n) is 6.08. The van der Waals surface area contributed by atoms with Gasteiger partial charge in [0.2, 0.25) is 5.91 Å². The fraction of sp³-hybridized carbons (Fsp3) is 0.455. The van der Waals surface area contributed by atoms with Crippen LogP contribution in [-0.4, -0.2) is 46.9 Å². The molecule has 0 aliphatic carbocycles. The molecule has 0 bridgehead atoms. The summed E-state index contributed by atoms with van der Waals surface area (Å²) in [6.45, 7) is 3.39. The highest BCUT2D eigenvalue weighted by molar-refractivity contribution is 5.85. The van der Waals surface area contributed by atoms with Gasteiger partial charge in [-0.3, -0.25) is 14.7 Å². The molecule has 2 aliphatic rings. The number of alkyl halides is 3. The first-order chi connectivity index (χ1) is 13.9. The molecule has 2 fully saturated rings. The molecular formula is C22H24F3N3O. The number of halogens is 3. The van der Waals surface area contributed by atoms with Crippen molar-refractivity contribution in [2.75, 3.05) is 26.2 Å². The minimum atomic E-state index is -4.37. The Hall–Kier alpha value is -2.41. The average Bonchev–Trinajstić information content (AvgIpc) is 3.25. The van der Waals surface area contributed by atoms with Crippen LogP contribution in [-0.2, 0) is 23.9 Å². The number of nitrogens with zero attached hydrogens (tertiary/aromatic N) is 3. The van der Waals surface area contributed by atoms with E-state index in [0.717, 1.165) is 51.2 Å². The number of hydrogen-bond donors (Lipinski definition) is 0. The van der Waals surface area contributed by atoms with E-state index in [2.05, 4.69) is 22.0 Å². The summed E-state index contributed by atoms with van der Waals surface area (Å²) in [6, 6.07) is 12.6. The number of carbonyl (C=O) groups excluding carboxylic acids is 1. The van der Waals surface area contributed by atoms with Crippen LogP contribution in [0.4, 0.5) is 13.2 Å². The van der Waals surface area contributed by atoms with Gasteiger partial charge in [-0.05, 0) is 43.5 Å². The minimum absolute atomic E-state index is 0.219. The van der Waals surface area contributed by atoms with Crippen molar-refractivity contribution >= 4 is 5.91 Å². The zero-order chi connectivity index (χ0) is 20.5. The van der Waals surface area contributed by atoms with Crippen molar-refractivity contribution in [1.82, 2.24) is 14.8 Å². The summed E-state index contributed by atoms with van der Waals surface area (Å²) in [4.78, 5) is 21.1. The van der Waals surface area contributed by atoms with Crippen LogP contribution in [0.1, 0.15) is 29.7 Å². The van der Waals surface area contributed by atoms with Crippen molar-refractivity contribution in [2.24, 2.45) is 5.41 Å². The molecule has 0 radical (unpaired) electrons. The molecule has 2 saturated heterocycles. The molecule has 1 amide bonds. The summed E-state index contributed by atoms with van der Waals surface area (Å²) < 4.78 is 38.0. The molecule has 0 saturated carbocycles. The molecule has 2 aromatic rings. The first-order valence-corrected chi connectivity index (χ1v) is 9.94. The summed E-state index contributed by atoms with van der Waals surface area (Å²) in [7, 11) is 0. The van der Waals surface area contributed by atoms with Crippen LogP contribution < -0.4 is 0 Å². The van der Waals surface area contributed by atoms with E-state index in [4.69, 9.17) is 0 Å². The lowest BCUT2D eigenvalue weighted by Gasteiger charge is -2.24. The molecule has 29 heavy (non-hydrogen) atoms. The van der Waals surface area contributed by atoms with Crippen LogP contribution in [0.15, 0.2) is 48.7 Å². The monoisotopic (exact) mass is 403 g/mol. The van der Waals surface area contributed by atoms with Crippen LogP contribution in [0.2, 0.25) is 0 Å². The molecule has 1 aromatic heterocycles. The number of aromatic nitrogens is 1. The van der Waals surface area contributed by atoms with Crippen LogP contribution in [0, 0.1) is 5.41 Å². The molecule has 4 nitrogen and oxygen atoms in total. The van der Waals surface area contributed by atoms with Gasteiger partial charge in [-0.15, -0.1) is 0 Å². The second-order valence-corrected chi connectivity index (χ2v) is 8.05. The highest BCUT2D eigenvalue weighted by Crippen LogP contribution is 2.41. The molecule has 154 valence electrons. The van der Waals surface area contributed by atoms with E-state index in [9.17, 15) is 18.0 Å². The second-order valence-electron chi connectivity index (χ2n) is 8.05. The summed E-state index contributed by atoms with van der Waals surface area (Å²) >= 11 is 0. The van der Waals surface area contributed by atoms with Gasteiger partial charge in [-0.1, -0.05) is 30.3 Å². The molecule has 7 heteroatoms. The highest BCUT2D eigenvalue weighted by Gasteiger charge is 2.50. The number of likely N-dealkylation sites (tertiary alicyclic amines) is 2. The molecule has 1 atom stereocenters.